The number of amides is 2. The third kappa shape index (κ3) is 4.92. The lowest BCUT2D eigenvalue weighted by molar-refractivity contribution is -0.383. The smallest absolute Gasteiger partial charge is 0.292 e. The van der Waals surface area contributed by atoms with Crippen LogP contribution in [0.3, 0.4) is 0 Å². The van der Waals surface area contributed by atoms with Gasteiger partial charge in [-0.25, -0.2) is 4.99 Å². The topological polar surface area (TPSA) is 105 Å². The van der Waals surface area contributed by atoms with Crippen molar-refractivity contribution in [2.45, 2.75) is 18.6 Å². The van der Waals surface area contributed by atoms with Gasteiger partial charge >= 0.3 is 0 Å². The molecule has 1 aliphatic rings. The van der Waals surface area contributed by atoms with E-state index in [4.69, 9.17) is 23.2 Å². The van der Waals surface area contributed by atoms with Gasteiger partial charge in [-0.3, -0.25) is 24.6 Å². The van der Waals surface area contributed by atoms with Gasteiger partial charge < -0.3 is 5.32 Å². The van der Waals surface area contributed by atoms with Crippen LogP contribution in [0.5, 0.6) is 0 Å². The van der Waals surface area contributed by atoms with Gasteiger partial charge in [-0.05, 0) is 31.2 Å². The van der Waals surface area contributed by atoms with Crippen LogP contribution < -0.4 is 5.32 Å². The lowest BCUT2D eigenvalue weighted by Crippen LogP contribution is -2.33. The predicted octanol–water partition coefficient (Wildman–Crippen LogP) is 4.88. The molecule has 0 radical (unpaired) electrons. The van der Waals surface area contributed by atoms with Gasteiger partial charge in [0.25, 0.3) is 5.69 Å². The second-order valence-corrected chi connectivity index (χ2v) is 8.22. The van der Waals surface area contributed by atoms with Crippen LogP contribution in [0.15, 0.2) is 47.5 Å². The van der Waals surface area contributed by atoms with Crippen molar-refractivity contribution in [3.8, 4) is 0 Å². The zero-order valence-electron chi connectivity index (χ0n) is 15.7. The second kappa shape index (κ2) is 9.46. The molecule has 1 N–H and O–H groups in total. The average molecular weight is 467 g/mol. The number of carbonyl (C=O) groups excluding carboxylic acids is 2. The van der Waals surface area contributed by atoms with Crippen LogP contribution >= 0.6 is 35.0 Å². The molecule has 3 rings (SSSR count). The van der Waals surface area contributed by atoms with Crippen molar-refractivity contribution in [1.29, 1.82) is 0 Å². The van der Waals surface area contributed by atoms with Crippen molar-refractivity contribution in [2.75, 3.05) is 11.9 Å². The maximum absolute atomic E-state index is 12.7. The highest BCUT2D eigenvalue weighted by Crippen LogP contribution is 2.35. The van der Waals surface area contributed by atoms with Crippen molar-refractivity contribution >= 4 is 69.0 Å². The Morgan fingerprint density at radius 1 is 1.30 bits per heavy atom. The molecule has 0 aromatic heterocycles. The number of carbonyl (C=O) groups is 2. The van der Waals surface area contributed by atoms with Gasteiger partial charge in [0.05, 0.1) is 15.6 Å². The summed E-state index contributed by atoms with van der Waals surface area (Å²) in [5.74, 6) is -0.763. The lowest BCUT2D eigenvalue weighted by Gasteiger charge is -2.13. The minimum atomic E-state index is -0.697. The summed E-state index contributed by atoms with van der Waals surface area (Å²) in [5, 5.41) is 14.2. The van der Waals surface area contributed by atoms with Crippen LogP contribution in [-0.4, -0.2) is 38.6 Å². The maximum atomic E-state index is 12.7. The number of amidine groups is 1. The summed E-state index contributed by atoms with van der Waals surface area (Å²) >= 11 is 13.2. The number of nitrogens with zero attached hydrogens (tertiary/aromatic N) is 3. The molecule has 1 atom stereocenters. The third-order valence-electron chi connectivity index (χ3n) is 4.21. The number of thioether (sulfide) groups is 1. The van der Waals surface area contributed by atoms with Crippen molar-refractivity contribution < 1.29 is 14.5 Å². The fourth-order valence-electron chi connectivity index (χ4n) is 2.80. The van der Waals surface area contributed by atoms with Crippen LogP contribution in [0, 0.1) is 10.1 Å². The number of rotatable bonds is 6. The van der Waals surface area contributed by atoms with Crippen LogP contribution in [0.25, 0.3) is 0 Å². The van der Waals surface area contributed by atoms with E-state index in [9.17, 15) is 19.7 Å². The van der Waals surface area contributed by atoms with E-state index < -0.39 is 16.1 Å². The number of para-hydroxylation sites is 2. The van der Waals surface area contributed by atoms with E-state index in [2.05, 4.69) is 10.3 Å². The summed E-state index contributed by atoms with van der Waals surface area (Å²) in [5.41, 5.74) is 0.322. The molecule has 2 aromatic carbocycles. The number of aliphatic imine (C=N–C) groups is 1. The van der Waals surface area contributed by atoms with Gasteiger partial charge in [-0.15, -0.1) is 0 Å². The van der Waals surface area contributed by atoms with Crippen molar-refractivity contribution in [1.82, 2.24) is 4.90 Å². The number of nitro groups is 1. The van der Waals surface area contributed by atoms with Crippen LogP contribution in [0.2, 0.25) is 10.0 Å². The number of nitro benzene ring substituents is 1. The monoisotopic (exact) mass is 466 g/mol. The highest BCUT2D eigenvalue weighted by atomic mass is 35.5. The highest BCUT2D eigenvalue weighted by Gasteiger charge is 2.38. The van der Waals surface area contributed by atoms with E-state index in [0.29, 0.717) is 27.4 Å². The Bertz CT molecular complexity index is 1050. The van der Waals surface area contributed by atoms with E-state index >= 15 is 0 Å². The lowest BCUT2D eigenvalue weighted by atomic mass is 10.2. The summed E-state index contributed by atoms with van der Waals surface area (Å²) in [6, 6.07) is 10.7. The molecule has 2 amide bonds. The zero-order chi connectivity index (χ0) is 21.8. The maximum Gasteiger partial charge on any atom is 0.292 e. The molecule has 8 nitrogen and oxygen atoms in total. The third-order valence-corrected chi connectivity index (χ3v) is 5.92. The first kappa shape index (κ1) is 22.1. The molecule has 1 unspecified atom stereocenters. The Morgan fingerprint density at radius 3 is 2.70 bits per heavy atom. The molecule has 1 aliphatic heterocycles. The van der Waals surface area contributed by atoms with Crippen LogP contribution in [0.4, 0.5) is 17.1 Å². The summed E-state index contributed by atoms with van der Waals surface area (Å²) in [6.07, 6.45) is -0.153. The number of anilines is 1. The van der Waals surface area contributed by atoms with Crippen molar-refractivity contribution in [3.05, 3.63) is 62.6 Å². The Morgan fingerprint density at radius 2 is 2.03 bits per heavy atom. The zero-order valence-corrected chi connectivity index (χ0v) is 18.0. The first-order valence-corrected chi connectivity index (χ1v) is 10.5. The molecule has 1 fully saturated rings. The Balaban J connectivity index is 1.76. The molecular weight excluding hydrogens is 451 g/mol. The standard InChI is InChI=1S/C19H16Cl2N4O4S/c1-2-24-18(27)16(30-19(24)23-13-8-7-11(20)9-12(13)21)10-17(26)22-14-5-3-4-6-15(14)25(28)29/h3-9,16H,2,10H2,1H3,(H,22,26). The summed E-state index contributed by atoms with van der Waals surface area (Å²) in [6.45, 7) is 2.17. The normalized spacial score (nSPS) is 17.4. The Kier molecular flexibility index (Phi) is 6.96. The number of hydrogen-bond acceptors (Lipinski definition) is 6. The van der Waals surface area contributed by atoms with Gasteiger partial charge in [0.15, 0.2) is 5.17 Å². The number of halogens is 2. The molecule has 1 saturated heterocycles. The number of hydrogen-bond donors (Lipinski definition) is 1. The second-order valence-electron chi connectivity index (χ2n) is 6.21. The number of nitrogens with one attached hydrogen (secondary N) is 1. The summed E-state index contributed by atoms with van der Waals surface area (Å²) in [7, 11) is 0. The largest absolute Gasteiger partial charge is 0.320 e. The van der Waals surface area contributed by atoms with E-state index in [1.54, 1.807) is 31.2 Å². The molecule has 30 heavy (non-hydrogen) atoms. The Labute approximate surface area is 186 Å². The minimum Gasteiger partial charge on any atom is -0.320 e. The first-order chi connectivity index (χ1) is 14.3. The average Bonchev–Trinajstić information content (AvgIpc) is 2.98. The molecular formula is C19H16Cl2N4O4S. The minimum absolute atomic E-state index is 0.0807. The van der Waals surface area contributed by atoms with Crippen LogP contribution in [-0.2, 0) is 9.59 Å². The van der Waals surface area contributed by atoms with Crippen molar-refractivity contribution in [3.63, 3.8) is 0 Å². The summed E-state index contributed by atoms with van der Waals surface area (Å²) < 4.78 is 0. The van der Waals surface area contributed by atoms with Crippen LogP contribution in [0.1, 0.15) is 13.3 Å². The fourth-order valence-corrected chi connectivity index (χ4v) is 4.46. The molecule has 1 heterocycles. The van der Waals surface area contributed by atoms with Gasteiger partial charge in [0.2, 0.25) is 11.8 Å². The van der Waals surface area contributed by atoms with Gasteiger partial charge in [-0.1, -0.05) is 47.1 Å². The van der Waals surface area contributed by atoms with Gasteiger partial charge in [-0.2, -0.15) is 0 Å². The summed E-state index contributed by atoms with van der Waals surface area (Å²) in [4.78, 5) is 41.6. The van der Waals surface area contributed by atoms with E-state index in [1.165, 1.54) is 23.1 Å². The molecule has 2 aromatic rings. The van der Waals surface area contributed by atoms with Gasteiger partial charge in [0, 0.05) is 24.1 Å². The fraction of sp³-hybridized carbons (Fsp3) is 0.211. The van der Waals surface area contributed by atoms with E-state index in [1.807, 2.05) is 0 Å². The molecule has 156 valence electrons. The van der Waals surface area contributed by atoms with Crippen molar-refractivity contribution in [2.24, 2.45) is 4.99 Å². The molecule has 0 saturated carbocycles. The molecule has 0 aliphatic carbocycles. The quantitative estimate of drug-likeness (QED) is 0.482. The SMILES string of the molecule is CCN1C(=O)C(CC(=O)Nc2ccccc2[N+](=O)[O-])SC1=Nc1ccc(Cl)cc1Cl. The van der Waals surface area contributed by atoms with E-state index in [0.717, 1.165) is 11.8 Å². The van der Waals surface area contributed by atoms with E-state index in [-0.39, 0.29) is 23.7 Å². The Hall–Kier alpha value is -2.62. The molecule has 0 bridgehead atoms. The first-order valence-electron chi connectivity index (χ1n) is 8.85. The molecule has 0 spiro atoms. The highest BCUT2D eigenvalue weighted by molar-refractivity contribution is 8.15. The molecule has 11 heteroatoms. The number of benzene rings is 2. The van der Waals surface area contributed by atoms with Gasteiger partial charge in [0.1, 0.15) is 10.9 Å². The predicted molar refractivity (Wildman–Crippen MR) is 119 cm³/mol.